The average molecular weight is 639 g/mol. The van der Waals surface area contributed by atoms with E-state index in [1.54, 1.807) is 22.7 Å². The fraction of sp³-hybridized carbons (Fsp3) is 0. The van der Waals surface area contributed by atoms with E-state index >= 15 is 0 Å². The second kappa shape index (κ2) is 10.4. The maximum atomic E-state index is 6.60. The van der Waals surface area contributed by atoms with Gasteiger partial charge in [0.05, 0.1) is 15.8 Å². The molecule has 0 saturated heterocycles. The van der Waals surface area contributed by atoms with Gasteiger partial charge in [0.15, 0.2) is 17.5 Å². The summed E-state index contributed by atoms with van der Waals surface area (Å²) in [6.07, 6.45) is 0. The normalized spacial score (nSPS) is 11.8. The van der Waals surface area contributed by atoms with Crippen molar-refractivity contribution in [2.24, 2.45) is 0 Å². The fourth-order valence-electron chi connectivity index (χ4n) is 6.40. The molecule has 4 aromatic heterocycles. The van der Waals surface area contributed by atoms with E-state index in [1.165, 1.54) is 20.2 Å². The number of furan rings is 1. The Morgan fingerprint density at radius 1 is 0.447 bits per heavy atom. The maximum Gasteiger partial charge on any atom is 0.164 e. The van der Waals surface area contributed by atoms with Crippen molar-refractivity contribution in [3.05, 3.63) is 133 Å². The molecule has 0 aliphatic rings. The molecule has 0 amide bonds. The molecule has 0 aliphatic heterocycles. The largest absolute Gasteiger partial charge is 0.455 e. The van der Waals surface area contributed by atoms with Crippen LogP contribution in [0.4, 0.5) is 0 Å². The van der Waals surface area contributed by atoms with E-state index in [4.69, 9.17) is 24.4 Å². The van der Waals surface area contributed by atoms with Gasteiger partial charge in [-0.25, -0.2) is 19.9 Å². The molecule has 0 bridgehead atoms. The Labute approximate surface area is 276 Å². The summed E-state index contributed by atoms with van der Waals surface area (Å²) in [5.41, 5.74) is 6.33. The van der Waals surface area contributed by atoms with Crippen LogP contribution in [0.25, 0.3) is 97.1 Å². The molecule has 47 heavy (non-hydrogen) atoms. The van der Waals surface area contributed by atoms with Gasteiger partial charge in [0, 0.05) is 47.6 Å². The Bertz CT molecular complexity index is 2780. The Morgan fingerprint density at radius 3 is 2.04 bits per heavy atom. The number of fused-ring (bicyclic) bond motifs is 7. The van der Waals surface area contributed by atoms with E-state index in [-0.39, 0.29) is 0 Å². The highest BCUT2D eigenvalue weighted by Gasteiger charge is 2.21. The van der Waals surface area contributed by atoms with Crippen LogP contribution in [0.2, 0.25) is 0 Å². The number of nitrogens with zero attached hydrogens (tertiary/aromatic N) is 4. The van der Waals surface area contributed by atoms with E-state index in [9.17, 15) is 0 Å². The third-order valence-corrected chi connectivity index (χ3v) is 10.8. The first-order valence-corrected chi connectivity index (χ1v) is 16.9. The van der Waals surface area contributed by atoms with Crippen LogP contribution in [0.5, 0.6) is 0 Å². The van der Waals surface area contributed by atoms with Crippen LogP contribution in [0.15, 0.2) is 138 Å². The van der Waals surface area contributed by atoms with Gasteiger partial charge in [0.2, 0.25) is 0 Å². The third kappa shape index (κ3) is 4.28. The summed E-state index contributed by atoms with van der Waals surface area (Å²) >= 11 is 3.46. The molecule has 0 atom stereocenters. The van der Waals surface area contributed by atoms with Crippen molar-refractivity contribution in [1.29, 1.82) is 0 Å². The second-order valence-corrected chi connectivity index (χ2v) is 13.5. The van der Waals surface area contributed by atoms with Gasteiger partial charge < -0.3 is 4.42 Å². The van der Waals surface area contributed by atoms with Crippen LogP contribution < -0.4 is 0 Å². The van der Waals surface area contributed by atoms with Gasteiger partial charge in [-0.2, -0.15) is 0 Å². The molecule has 0 N–H and O–H groups in total. The van der Waals surface area contributed by atoms with Gasteiger partial charge in [-0.3, -0.25) is 0 Å². The molecule has 0 radical (unpaired) electrons. The first-order chi connectivity index (χ1) is 23.3. The van der Waals surface area contributed by atoms with Crippen molar-refractivity contribution in [1.82, 2.24) is 19.9 Å². The van der Waals surface area contributed by atoms with Gasteiger partial charge >= 0.3 is 0 Å². The van der Waals surface area contributed by atoms with Crippen molar-refractivity contribution in [3.63, 3.8) is 0 Å². The predicted octanol–water partition coefficient (Wildman–Crippen LogP) is 11.4. The molecule has 6 aromatic carbocycles. The van der Waals surface area contributed by atoms with Crippen LogP contribution in [-0.4, -0.2) is 19.9 Å². The Kier molecular flexibility index (Phi) is 5.85. The summed E-state index contributed by atoms with van der Waals surface area (Å²) in [4.78, 5) is 20.2. The zero-order valence-electron chi connectivity index (χ0n) is 24.7. The van der Waals surface area contributed by atoms with Gasteiger partial charge in [0.25, 0.3) is 0 Å². The number of benzene rings is 6. The fourth-order valence-corrected chi connectivity index (χ4v) is 8.53. The Morgan fingerprint density at radius 2 is 1.15 bits per heavy atom. The Hall–Kier alpha value is -5.76. The van der Waals surface area contributed by atoms with Gasteiger partial charge in [-0.1, -0.05) is 97.1 Å². The van der Waals surface area contributed by atoms with E-state index in [1.807, 2.05) is 60.7 Å². The van der Waals surface area contributed by atoms with Gasteiger partial charge in [-0.15, -0.1) is 22.7 Å². The van der Waals surface area contributed by atoms with E-state index in [0.29, 0.717) is 17.5 Å². The van der Waals surface area contributed by atoms with Crippen LogP contribution in [-0.2, 0) is 0 Å². The number of hydrogen-bond acceptors (Lipinski definition) is 7. The molecule has 7 heteroatoms. The lowest BCUT2D eigenvalue weighted by Crippen LogP contribution is -2.00. The van der Waals surface area contributed by atoms with Gasteiger partial charge in [0.1, 0.15) is 16.2 Å². The molecular formula is C40H22N4OS2. The first-order valence-electron chi connectivity index (χ1n) is 15.3. The highest BCUT2D eigenvalue weighted by Crippen LogP contribution is 2.42. The SMILES string of the molecule is c1ccc(-c2nc(-c3ccc4c(c3)sc3ccccc34)nc(-c3cccc4oc5c(-c6nc7ccccc7s6)cccc5c34)n2)cc1. The third-order valence-electron chi connectivity index (χ3n) is 8.59. The summed E-state index contributed by atoms with van der Waals surface area (Å²) in [5, 5.41) is 5.42. The molecule has 0 unspecified atom stereocenters. The number of thiazole rings is 1. The zero-order valence-corrected chi connectivity index (χ0v) is 26.3. The minimum absolute atomic E-state index is 0.601. The molecule has 0 spiro atoms. The van der Waals surface area contributed by atoms with Crippen molar-refractivity contribution in [2.45, 2.75) is 0 Å². The molecule has 5 nitrogen and oxygen atoms in total. The van der Waals surface area contributed by atoms with Crippen LogP contribution in [0.1, 0.15) is 0 Å². The van der Waals surface area contributed by atoms with Crippen molar-refractivity contribution < 1.29 is 4.42 Å². The molecule has 0 fully saturated rings. The number of thiophene rings is 1. The number of para-hydroxylation sites is 2. The number of rotatable bonds is 4. The van der Waals surface area contributed by atoms with Crippen LogP contribution >= 0.6 is 22.7 Å². The standard InChI is InChI=1S/C40H22N4OS2/c1-2-10-23(11-3-1)37-42-38(24-20-21-26-25-12-4-6-18-32(25)46-34(26)22-24)44-39(43-37)28-14-9-17-31-35(28)27-13-8-15-29(36(27)45-31)40-41-30-16-5-7-19-33(30)47-40/h1-22H. The molecule has 0 saturated carbocycles. The van der Waals surface area contributed by atoms with E-state index in [2.05, 4.69) is 72.8 Å². The lowest BCUT2D eigenvalue weighted by molar-refractivity contribution is 0.670. The molecule has 0 aliphatic carbocycles. The van der Waals surface area contributed by atoms with Crippen molar-refractivity contribution >= 4 is 75.0 Å². The average Bonchev–Trinajstić information content (AvgIpc) is 3.84. The highest BCUT2D eigenvalue weighted by molar-refractivity contribution is 7.25. The highest BCUT2D eigenvalue weighted by atomic mass is 32.1. The zero-order chi connectivity index (χ0) is 30.9. The van der Waals surface area contributed by atoms with E-state index in [0.717, 1.165) is 59.4 Å². The van der Waals surface area contributed by atoms with E-state index < -0.39 is 0 Å². The smallest absolute Gasteiger partial charge is 0.164 e. The summed E-state index contributed by atoms with van der Waals surface area (Å²) < 4.78 is 10.2. The molecule has 4 heterocycles. The lowest BCUT2D eigenvalue weighted by Gasteiger charge is -2.09. The lowest BCUT2D eigenvalue weighted by atomic mass is 10.0. The summed E-state index contributed by atoms with van der Waals surface area (Å²) in [6.45, 7) is 0. The predicted molar refractivity (Wildman–Crippen MR) is 195 cm³/mol. The minimum atomic E-state index is 0.601. The molecule has 10 aromatic rings. The molecule has 220 valence electrons. The first kappa shape index (κ1) is 26.5. The van der Waals surface area contributed by atoms with Crippen LogP contribution in [0, 0.1) is 0 Å². The van der Waals surface area contributed by atoms with Crippen molar-refractivity contribution in [3.8, 4) is 44.7 Å². The topological polar surface area (TPSA) is 64.7 Å². The van der Waals surface area contributed by atoms with Gasteiger partial charge in [-0.05, 0) is 36.4 Å². The monoisotopic (exact) mass is 638 g/mol. The molecule has 10 rings (SSSR count). The van der Waals surface area contributed by atoms with Crippen molar-refractivity contribution in [2.75, 3.05) is 0 Å². The minimum Gasteiger partial charge on any atom is -0.455 e. The summed E-state index contributed by atoms with van der Waals surface area (Å²) in [7, 11) is 0. The maximum absolute atomic E-state index is 6.60. The summed E-state index contributed by atoms with van der Waals surface area (Å²) in [5.74, 6) is 1.86. The summed E-state index contributed by atoms with van der Waals surface area (Å²) in [6, 6.07) is 45.7. The second-order valence-electron chi connectivity index (χ2n) is 11.4. The van der Waals surface area contributed by atoms with Crippen LogP contribution in [0.3, 0.4) is 0 Å². The Balaban J connectivity index is 1.19. The number of hydrogen-bond donors (Lipinski definition) is 0. The molecular weight excluding hydrogens is 617 g/mol. The number of aromatic nitrogens is 4. The quantitative estimate of drug-likeness (QED) is 0.192.